The fraction of sp³-hybridized carbons (Fsp3) is 0.333. The Morgan fingerprint density at radius 2 is 2.36 bits per heavy atom. The summed E-state index contributed by atoms with van der Waals surface area (Å²) in [4.78, 5) is 3.26. The molecule has 0 aliphatic carbocycles. The number of hydrogen-bond acceptors (Lipinski definition) is 1. The van der Waals surface area contributed by atoms with E-state index < -0.39 is 0 Å². The number of aromatic nitrogens is 1. The van der Waals surface area contributed by atoms with E-state index in [-0.39, 0.29) is 0 Å². The molecule has 0 spiro atoms. The molecule has 0 atom stereocenters. The van der Waals surface area contributed by atoms with Gasteiger partial charge in [-0.15, -0.1) is 0 Å². The molecule has 0 fully saturated rings. The average Bonchev–Trinajstić information content (AvgIpc) is 2.34. The highest BCUT2D eigenvalue weighted by atomic mass is 14.9. The van der Waals surface area contributed by atoms with Gasteiger partial charge in [0.1, 0.15) is 0 Å². The number of fused-ring (bicyclic) bond motifs is 1. The van der Waals surface area contributed by atoms with Gasteiger partial charge in [-0.25, -0.2) is 0 Å². The van der Waals surface area contributed by atoms with Gasteiger partial charge < -0.3 is 10.3 Å². The minimum Gasteiger partial charge on any atom is -0.385 e. The third-order valence-corrected chi connectivity index (χ3v) is 2.17. The van der Waals surface area contributed by atoms with Crippen molar-refractivity contribution in [2.75, 3.05) is 6.54 Å². The zero-order valence-electron chi connectivity index (χ0n) is 6.70. The number of aryl methyl sites for hydroxylation is 1. The summed E-state index contributed by atoms with van der Waals surface area (Å²) >= 11 is 0. The van der Waals surface area contributed by atoms with Crippen LogP contribution in [-0.2, 0) is 6.42 Å². The number of H-pyrrole nitrogens is 1. The largest absolute Gasteiger partial charge is 0.385 e. The Hall–Kier alpha value is -1.18. The van der Waals surface area contributed by atoms with Gasteiger partial charge in [0, 0.05) is 36.1 Å². The van der Waals surface area contributed by atoms with E-state index >= 15 is 0 Å². The molecule has 0 bridgehead atoms. The molecule has 0 aromatic carbocycles. The van der Waals surface area contributed by atoms with Gasteiger partial charge in [0.15, 0.2) is 0 Å². The number of rotatable bonds is 0. The quantitative estimate of drug-likeness (QED) is 0.572. The maximum atomic E-state index is 3.96. The SMILES string of the molecule is C=C1NCCc2[nH]cc(C)c21. The van der Waals surface area contributed by atoms with E-state index in [1.165, 1.54) is 16.8 Å². The Morgan fingerprint density at radius 3 is 3.09 bits per heavy atom. The Morgan fingerprint density at radius 1 is 1.55 bits per heavy atom. The summed E-state index contributed by atoms with van der Waals surface area (Å²) in [7, 11) is 0. The van der Waals surface area contributed by atoms with Crippen molar-refractivity contribution < 1.29 is 0 Å². The van der Waals surface area contributed by atoms with Gasteiger partial charge in [0.2, 0.25) is 0 Å². The van der Waals surface area contributed by atoms with Crippen molar-refractivity contribution in [3.05, 3.63) is 29.6 Å². The second-order valence-electron chi connectivity index (χ2n) is 2.98. The van der Waals surface area contributed by atoms with Crippen LogP contribution >= 0.6 is 0 Å². The molecule has 0 saturated heterocycles. The molecule has 1 aliphatic heterocycles. The lowest BCUT2D eigenvalue weighted by atomic mass is 10.0. The van der Waals surface area contributed by atoms with Crippen molar-refractivity contribution in [3.63, 3.8) is 0 Å². The molecular formula is C9H12N2. The molecule has 58 valence electrons. The van der Waals surface area contributed by atoms with Crippen molar-refractivity contribution in [1.29, 1.82) is 0 Å². The first-order chi connectivity index (χ1) is 5.29. The van der Waals surface area contributed by atoms with Crippen LogP contribution in [0.3, 0.4) is 0 Å². The van der Waals surface area contributed by atoms with Crippen molar-refractivity contribution in [1.82, 2.24) is 10.3 Å². The van der Waals surface area contributed by atoms with E-state index in [1.807, 2.05) is 6.20 Å². The summed E-state index contributed by atoms with van der Waals surface area (Å²) in [6.45, 7) is 7.07. The van der Waals surface area contributed by atoms with Crippen LogP contribution in [0.4, 0.5) is 0 Å². The lowest BCUT2D eigenvalue weighted by Gasteiger charge is -2.17. The van der Waals surface area contributed by atoms with Crippen molar-refractivity contribution >= 4 is 5.70 Å². The van der Waals surface area contributed by atoms with Crippen LogP contribution < -0.4 is 5.32 Å². The molecule has 1 aromatic heterocycles. The Balaban J connectivity index is 2.56. The Kier molecular flexibility index (Phi) is 1.28. The third kappa shape index (κ3) is 0.862. The fourth-order valence-corrected chi connectivity index (χ4v) is 1.62. The van der Waals surface area contributed by atoms with Gasteiger partial charge in [0.25, 0.3) is 0 Å². The molecule has 2 nitrogen and oxygen atoms in total. The van der Waals surface area contributed by atoms with Crippen LogP contribution in [-0.4, -0.2) is 11.5 Å². The molecule has 11 heavy (non-hydrogen) atoms. The molecule has 2 rings (SSSR count). The first-order valence-corrected chi connectivity index (χ1v) is 3.89. The molecule has 2 N–H and O–H groups in total. The molecule has 0 radical (unpaired) electrons. The first-order valence-electron chi connectivity index (χ1n) is 3.89. The summed E-state index contributed by atoms with van der Waals surface area (Å²) in [5.41, 5.74) is 4.96. The van der Waals surface area contributed by atoms with Gasteiger partial charge in [-0.2, -0.15) is 0 Å². The maximum Gasteiger partial charge on any atom is 0.0361 e. The lowest BCUT2D eigenvalue weighted by molar-refractivity contribution is 0.799. The molecule has 1 aromatic rings. The van der Waals surface area contributed by atoms with Gasteiger partial charge in [0.05, 0.1) is 0 Å². The highest BCUT2D eigenvalue weighted by Gasteiger charge is 2.14. The zero-order chi connectivity index (χ0) is 7.84. The summed E-state index contributed by atoms with van der Waals surface area (Å²) in [6, 6.07) is 0. The van der Waals surface area contributed by atoms with E-state index in [0.29, 0.717) is 0 Å². The standard InChI is InChI=1S/C9H12N2/c1-6-5-11-8-3-4-10-7(2)9(6)8/h5,10-11H,2-4H2,1H3. The van der Waals surface area contributed by atoms with Gasteiger partial charge in [-0.3, -0.25) is 0 Å². The molecule has 1 aliphatic rings. The van der Waals surface area contributed by atoms with Crippen molar-refractivity contribution in [2.24, 2.45) is 0 Å². The van der Waals surface area contributed by atoms with Crippen molar-refractivity contribution in [2.45, 2.75) is 13.3 Å². The smallest absolute Gasteiger partial charge is 0.0361 e. The Bertz CT molecular complexity index is 297. The number of nitrogens with one attached hydrogen (secondary N) is 2. The third-order valence-electron chi connectivity index (χ3n) is 2.17. The normalized spacial score (nSPS) is 15.9. The van der Waals surface area contributed by atoms with Crippen LogP contribution in [0.1, 0.15) is 16.8 Å². The maximum absolute atomic E-state index is 3.96. The van der Waals surface area contributed by atoms with E-state index in [2.05, 4.69) is 23.8 Å². The monoisotopic (exact) mass is 148 g/mol. The van der Waals surface area contributed by atoms with Gasteiger partial charge in [-0.05, 0) is 12.5 Å². The zero-order valence-corrected chi connectivity index (χ0v) is 6.70. The highest BCUT2D eigenvalue weighted by Crippen LogP contribution is 2.22. The van der Waals surface area contributed by atoms with Gasteiger partial charge in [-0.1, -0.05) is 6.58 Å². The summed E-state index contributed by atoms with van der Waals surface area (Å²) in [5.74, 6) is 0. The van der Waals surface area contributed by atoms with E-state index in [9.17, 15) is 0 Å². The molecular weight excluding hydrogens is 136 g/mol. The van der Waals surface area contributed by atoms with E-state index in [4.69, 9.17) is 0 Å². The van der Waals surface area contributed by atoms with Crippen LogP contribution in [0.2, 0.25) is 0 Å². The molecule has 0 unspecified atom stereocenters. The number of aromatic amines is 1. The van der Waals surface area contributed by atoms with Crippen molar-refractivity contribution in [3.8, 4) is 0 Å². The summed E-state index contributed by atoms with van der Waals surface area (Å²) in [5, 5.41) is 3.25. The van der Waals surface area contributed by atoms with Crippen LogP contribution in [0, 0.1) is 6.92 Å². The predicted octanol–water partition coefficient (Wildman–Crippen LogP) is 1.44. The lowest BCUT2D eigenvalue weighted by Crippen LogP contribution is -2.21. The fourth-order valence-electron chi connectivity index (χ4n) is 1.62. The Labute approximate surface area is 66.3 Å². The van der Waals surface area contributed by atoms with Crippen LogP contribution in [0.25, 0.3) is 5.70 Å². The first kappa shape index (κ1) is 6.53. The number of hydrogen-bond donors (Lipinski definition) is 2. The minimum absolute atomic E-state index is 1.01. The molecule has 2 heterocycles. The second kappa shape index (κ2) is 2.16. The predicted molar refractivity (Wildman–Crippen MR) is 46.3 cm³/mol. The summed E-state index contributed by atoms with van der Waals surface area (Å²) in [6.07, 6.45) is 3.13. The second-order valence-corrected chi connectivity index (χ2v) is 2.98. The van der Waals surface area contributed by atoms with Crippen LogP contribution in [0.5, 0.6) is 0 Å². The van der Waals surface area contributed by atoms with Crippen LogP contribution in [0.15, 0.2) is 12.8 Å². The molecule has 0 saturated carbocycles. The van der Waals surface area contributed by atoms with Gasteiger partial charge >= 0.3 is 0 Å². The topological polar surface area (TPSA) is 27.8 Å². The molecule has 2 heteroatoms. The highest BCUT2D eigenvalue weighted by molar-refractivity contribution is 5.68. The summed E-state index contributed by atoms with van der Waals surface area (Å²) < 4.78 is 0. The average molecular weight is 148 g/mol. The minimum atomic E-state index is 1.01. The van der Waals surface area contributed by atoms with E-state index in [1.54, 1.807) is 0 Å². The van der Waals surface area contributed by atoms with E-state index in [0.717, 1.165) is 18.7 Å². The molecule has 0 amide bonds.